The smallest absolute Gasteiger partial charge is 0.264 e. The van der Waals surface area contributed by atoms with Gasteiger partial charge in [0.1, 0.15) is 24.2 Å². The Morgan fingerprint density at radius 2 is 1.44 bits per heavy atom. The molecule has 10 heteroatoms. The van der Waals surface area contributed by atoms with Crippen LogP contribution >= 0.6 is 0 Å². The zero-order valence-electron chi connectivity index (χ0n) is 25.5. The Labute approximate surface area is 263 Å². The molecule has 4 aromatic rings. The first-order valence-electron chi connectivity index (χ1n) is 14.7. The molecule has 0 unspecified atom stereocenters. The van der Waals surface area contributed by atoms with E-state index in [9.17, 15) is 22.4 Å². The predicted octanol–water partition coefficient (Wildman–Crippen LogP) is 6.02. The molecule has 0 radical (unpaired) electrons. The van der Waals surface area contributed by atoms with E-state index in [1.807, 2.05) is 44.2 Å². The number of carbonyl (C=O) groups excluding carboxylic acids is 2. The zero-order valence-corrected chi connectivity index (χ0v) is 26.3. The van der Waals surface area contributed by atoms with E-state index in [4.69, 9.17) is 0 Å². The standard InChI is InChI=1S/C35H37F2N3O4S/c1-4-26(3)38-35(42)33(22-27-10-6-5-7-11-27)39(23-28-16-18-29(36)19-17-28)34(41)24-40(32-13-9-8-12-31(32)37)45(43,44)30-20-14-25(2)15-21-30/h5-21,26,33H,4,22-24H2,1-3H3,(H,38,42)/t26-,33-/m1/s1. The first-order valence-corrected chi connectivity index (χ1v) is 16.2. The van der Waals surface area contributed by atoms with E-state index >= 15 is 4.39 Å². The molecule has 0 aliphatic rings. The molecule has 4 rings (SSSR count). The number of sulfonamides is 1. The Hall–Kier alpha value is -4.57. The highest BCUT2D eigenvalue weighted by Crippen LogP contribution is 2.27. The summed E-state index contributed by atoms with van der Waals surface area (Å²) < 4.78 is 57.7. The first kappa shape index (κ1) is 33.3. The van der Waals surface area contributed by atoms with Gasteiger partial charge in [0, 0.05) is 19.0 Å². The van der Waals surface area contributed by atoms with E-state index in [2.05, 4.69) is 5.32 Å². The summed E-state index contributed by atoms with van der Waals surface area (Å²) in [4.78, 5) is 29.4. The molecule has 2 amide bonds. The molecule has 0 saturated heterocycles. The third-order valence-corrected chi connectivity index (χ3v) is 9.32. The summed E-state index contributed by atoms with van der Waals surface area (Å²) in [6, 6.07) is 24.7. The zero-order chi connectivity index (χ0) is 32.6. The molecule has 0 spiro atoms. The summed E-state index contributed by atoms with van der Waals surface area (Å²) >= 11 is 0. The molecule has 236 valence electrons. The maximum atomic E-state index is 15.2. The van der Waals surface area contributed by atoms with Crippen molar-refractivity contribution in [2.24, 2.45) is 0 Å². The van der Waals surface area contributed by atoms with Gasteiger partial charge in [-0.05, 0) is 67.8 Å². The number of halogens is 2. The fourth-order valence-electron chi connectivity index (χ4n) is 4.79. The number of anilines is 1. The van der Waals surface area contributed by atoms with Gasteiger partial charge in [0.25, 0.3) is 10.0 Å². The minimum Gasteiger partial charge on any atom is -0.352 e. The van der Waals surface area contributed by atoms with Crippen LogP contribution in [0.1, 0.15) is 37.0 Å². The van der Waals surface area contributed by atoms with E-state index < -0.39 is 46.1 Å². The average Bonchev–Trinajstić information content (AvgIpc) is 3.03. The molecule has 45 heavy (non-hydrogen) atoms. The number of para-hydroxylation sites is 1. The highest BCUT2D eigenvalue weighted by Gasteiger charge is 2.35. The van der Waals surface area contributed by atoms with E-state index in [0.29, 0.717) is 12.0 Å². The SMILES string of the molecule is CC[C@@H](C)NC(=O)[C@@H](Cc1ccccc1)N(Cc1ccc(F)cc1)C(=O)CN(c1ccccc1F)S(=O)(=O)c1ccc(C)cc1. The van der Waals surface area contributed by atoms with Crippen LogP contribution in [0.4, 0.5) is 14.5 Å². The topological polar surface area (TPSA) is 86.8 Å². The molecule has 0 aliphatic heterocycles. The van der Waals surface area contributed by atoms with E-state index in [1.165, 1.54) is 59.5 Å². The molecule has 7 nitrogen and oxygen atoms in total. The van der Waals surface area contributed by atoms with Gasteiger partial charge in [-0.1, -0.05) is 79.2 Å². The number of benzene rings is 4. The molecule has 1 N–H and O–H groups in total. The molecule has 0 bridgehead atoms. The Morgan fingerprint density at radius 3 is 2.07 bits per heavy atom. The number of nitrogens with one attached hydrogen (secondary N) is 1. The highest BCUT2D eigenvalue weighted by atomic mass is 32.2. The monoisotopic (exact) mass is 633 g/mol. The number of hydrogen-bond donors (Lipinski definition) is 1. The molecular weight excluding hydrogens is 596 g/mol. The summed E-state index contributed by atoms with van der Waals surface area (Å²) in [5, 5.41) is 2.95. The van der Waals surface area contributed by atoms with Crippen molar-refractivity contribution in [3.8, 4) is 0 Å². The van der Waals surface area contributed by atoms with Crippen molar-refractivity contribution < 1.29 is 26.8 Å². The Balaban J connectivity index is 1.81. The van der Waals surface area contributed by atoms with Crippen LogP contribution < -0.4 is 9.62 Å². The third-order valence-electron chi connectivity index (χ3n) is 7.55. The average molecular weight is 634 g/mol. The maximum Gasteiger partial charge on any atom is 0.264 e. The number of hydrogen-bond acceptors (Lipinski definition) is 4. The first-order chi connectivity index (χ1) is 21.5. The summed E-state index contributed by atoms with van der Waals surface area (Å²) in [6.07, 6.45) is 0.770. The Bertz CT molecular complexity index is 1700. The van der Waals surface area contributed by atoms with Crippen molar-refractivity contribution in [1.29, 1.82) is 0 Å². The van der Waals surface area contributed by atoms with Crippen molar-refractivity contribution in [2.75, 3.05) is 10.8 Å². The minimum absolute atomic E-state index is 0.121. The van der Waals surface area contributed by atoms with Crippen molar-refractivity contribution >= 4 is 27.5 Å². The van der Waals surface area contributed by atoms with Crippen LogP contribution in [-0.4, -0.2) is 43.8 Å². The van der Waals surface area contributed by atoms with Gasteiger partial charge in [-0.25, -0.2) is 17.2 Å². The van der Waals surface area contributed by atoms with Crippen LogP contribution in [-0.2, 0) is 32.6 Å². The van der Waals surface area contributed by atoms with Crippen LogP contribution in [0.3, 0.4) is 0 Å². The fraction of sp³-hybridized carbons (Fsp3) is 0.257. The summed E-state index contributed by atoms with van der Waals surface area (Å²) in [5.41, 5.74) is 1.82. The molecule has 0 fully saturated rings. The van der Waals surface area contributed by atoms with Crippen LogP contribution in [0, 0.1) is 18.6 Å². The summed E-state index contributed by atoms with van der Waals surface area (Å²) in [6.45, 7) is 4.65. The van der Waals surface area contributed by atoms with Gasteiger partial charge in [-0.15, -0.1) is 0 Å². The number of amides is 2. The van der Waals surface area contributed by atoms with Gasteiger partial charge < -0.3 is 10.2 Å². The highest BCUT2D eigenvalue weighted by molar-refractivity contribution is 7.92. The lowest BCUT2D eigenvalue weighted by atomic mass is 10.0. The van der Waals surface area contributed by atoms with Crippen molar-refractivity contribution in [3.05, 3.63) is 131 Å². The van der Waals surface area contributed by atoms with Crippen LogP contribution in [0.25, 0.3) is 0 Å². The largest absolute Gasteiger partial charge is 0.352 e. The fourth-order valence-corrected chi connectivity index (χ4v) is 6.21. The lowest BCUT2D eigenvalue weighted by Crippen LogP contribution is -2.54. The number of rotatable bonds is 13. The number of carbonyl (C=O) groups is 2. The second-order valence-corrected chi connectivity index (χ2v) is 12.8. The van der Waals surface area contributed by atoms with Crippen LogP contribution in [0.15, 0.2) is 108 Å². The van der Waals surface area contributed by atoms with Gasteiger partial charge in [0.15, 0.2) is 0 Å². The van der Waals surface area contributed by atoms with Gasteiger partial charge >= 0.3 is 0 Å². The van der Waals surface area contributed by atoms with Gasteiger partial charge in [0.05, 0.1) is 10.6 Å². The molecule has 4 aromatic carbocycles. The van der Waals surface area contributed by atoms with E-state index in [-0.39, 0.29) is 29.6 Å². The normalized spacial score (nSPS) is 12.6. The van der Waals surface area contributed by atoms with Gasteiger partial charge in [-0.2, -0.15) is 0 Å². The Kier molecular flexibility index (Phi) is 11.1. The summed E-state index contributed by atoms with van der Waals surface area (Å²) in [7, 11) is -4.43. The van der Waals surface area contributed by atoms with Crippen molar-refractivity contribution in [2.45, 2.75) is 57.1 Å². The molecule has 2 atom stereocenters. The number of nitrogens with zero attached hydrogens (tertiary/aromatic N) is 2. The maximum absolute atomic E-state index is 15.2. The van der Waals surface area contributed by atoms with E-state index in [0.717, 1.165) is 21.5 Å². The molecule has 0 aliphatic carbocycles. The van der Waals surface area contributed by atoms with Gasteiger partial charge in [0.2, 0.25) is 11.8 Å². The summed E-state index contributed by atoms with van der Waals surface area (Å²) in [5.74, 6) is -2.47. The minimum atomic E-state index is -4.43. The lowest BCUT2D eigenvalue weighted by Gasteiger charge is -2.34. The quantitative estimate of drug-likeness (QED) is 0.195. The third kappa shape index (κ3) is 8.54. The molecule has 0 saturated carbocycles. The van der Waals surface area contributed by atoms with Crippen molar-refractivity contribution in [1.82, 2.24) is 10.2 Å². The molecular formula is C35H37F2N3O4S. The lowest BCUT2D eigenvalue weighted by molar-refractivity contribution is -0.140. The van der Waals surface area contributed by atoms with E-state index in [1.54, 1.807) is 19.1 Å². The van der Waals surface area contributed by atoms with Crippen molar-refractivity contribution in [3.63, 3.8) is 0 Å². The van der Waals surface area contributed by atoms with Crippen LogP contribution in [0.5, 0.6) is 0 Å². The molecule has 0 heterocycles. The van der Waals surface area contributed by atoms with Gasteiger partial charge in [-0.3, -0.25) is 13.9 Å². The predicted molar refractivity (Wildman–Crippen MR) is 171 cm³/mol. The molecule has 0 aromatic heterocycles. The number of aryl methyl sites for hydroxylation is 1. The Morgan fingerprint density at radius 1 is 0.822 bits per heavy atom. The van der Waals surface area contributed by atoms with Crippen LogP contribution in [0.2, 0.25) is 0 Å². The second kappa shape index (κ2) is 14.9. The second-order valence-electron chi connectivity index (χ2n) is 10.9.